The van der Waals surface area contributed by atoms with E-state index in [1.807, 2.05) is 38.9 Å². The van der Waals surface area contributed by atoms with Gasteiger partial charge in [-0.3, -0.25) is 9.88 Å². The molecule has 0 radical (unpaired) electrons. The molecule has 0 spiro atoms. The van der Waals surface area contributed by atoms with Crippen LogP contribution in [0.1, 0.15) is 17.0 Å². The average Bonchev–Trinajstić information content (AvgIpc) is 2.13. The smallest absolute Gasteiger partial charge is 0.0600 e. The number of aryl methyl sites for hydroxylation is 2. The maximum Gasteiger partial charge on any atom is 0.0600 e. The number of hydrogen-bond acceptors (Lipinski definition) is 2. The SMILES string of the molecule is Cc1nc(C)c(C#CCN(C)C)cc1Br. The molecule has 0 aromatic carbocycles. The first kappa shape index (κ1) is 12.2. The summed E-state index contributed by atoms with van der Waals surface area (Å²) in [5, 5.41) is 0. The minimum atomic E-state index is 0.769. The number of aromatic nitrogens is 1. The summed E-state index contributed by atoms with van der Waals surface area (Å²) in [6.45, 7) is 4.73. The van der Waals surface area contributed by atoms with Gasteiger partial charge in [0.1, 0.15) is 0 Å². The standard InChI is InChI=1S/C12H15BrN2/c1-9-11(6-5-7-15(3)4)8-12(13)10(2)14-9/h8H,7H2,1-4H3. The average molecular weight is 267 g/mol. The van der Waals surface area contributed by atoms with Crippen LogP contribution in [0.5, 0.6) is 0 Å². The van der Waals surface area contributed by atoms with Crippen molar-refractivity contribution in [3.8, 4) is 11.8 Å². The van der Waals surface area contributed by atoms with Crippen LogP contribution >= 0.6 is 15.9 Å². The summed E-state index contributed by atoms with van der Waals surface area (Å²) in [5.41, 5.74) is 2.99. The summed E-state index contributed by atoms with van der Waals surface area (Å²) in [5.74, 6) is 6.23. The molecular formula is C12H15BrN2. The van der Waals surface area contributed by atoms with Crippen molar-refractivity contribution in [3.05, 3.63) is 27.5 Å². The van der Waals surface area contributed by atoms with Crippen molar-refractivity contribution in [3.63, 3.8) is 0 Å². The van der Waals surface area contributed by atoms with Crippen LogP contribution in [0.2, 0.25) is 0 Å². The van der Waals surface area contributed by atoms with Crippen molar-refractivity contribution in [2.24, 2.45) is 0 Å². The third-order valence-corrected chi connectivity index (χ3v) is 2.76. The zero-order valence-corrected chi connectivity index (χ0v) is 11.1. The maximum absolute atomic E-state index is 4.41. The van der Waals surface area contributed by atoms with Crippen LogP contribution in [0.25, 0.3) is 0 Å². The largest absolute Gasteiger partial charge is 0.299 e. The predicted molar refractivity (Wildman–Crippen MR) is 66.8 cm³/mol. The lowest BCUT2D eigenvalue weighted by Gasteiger charge is -2.03. The molecule has 1 aromatic rings. The normalized spacial score (nSPS) is 10.0. The van der Waals surface area contributed by atoms with Gasteiger partial charge in [0, 0.05) is 10.0 Å². The zero-order chi connectivity index (χ0) is 11.4. The second-order valence-electron chi connectivity index (χ2n) is 3.73. The number of hydrogen-bond donors (Lipinski definition) is 0. The van der Waals surface area contributed by atoms with Gasteiger partial charge < -0.3 is 0 Å². The highest BCUT2D eigenvalue weighted by molar-refractivity contribution is 9.10. The van der Waals surface area contributed by atoms with Crippen molar-refractivity contribution < 1.29 is 0 Å². The van der Waals surface area contributed by atoms with Gasteiger partial charge >= 0.3 is 0 Å². The first-order valence-corrected chi connectivity index (χ1v) is 5.57. The van der Waals surface area contributed by atoms with E-state index in [0.717, 1.165) is 28.0 Å². The van der Waals surface area contributed by atoms with Crippen molar-refractivity contribution in [2.75, 3.05) is 20.6 Å². The van der Waals surface area contributed by atoms with Crippen molar-refractivity contribution in [1.29, 1.82) is 0 Å². The van der Waals surface area contributed by atoms with E-state index < -0.39 is 0 Å². The molecule has 0 bridgehead atoms. The zero-order valence-electron chi connectivity index (χ0n) is 9.56. The third-order valence-electron chi connectivity index (χ3n) is 1.96. The number of halogens is 1. The molecule has 80 valence electrons. The molecule has 0 aliphatic heterocycles. The molecule has 0 atom stereocenters. The fraction of sp³-hybridized carbons (Fsp3) is 0.417. The maximum atomic E-state index is 4.41. The fourth-order valence-corrected chi connectivity index (χ4v) is 1.44. The van der Waals surface area contributed by atoms with Crippen molar-refractivity contribution in [2.45, 2.75) is 13.8 Å². The van der Waals surface area contributed by atoms with Crippen molar-refractivity contribution >= 4 is 15.9 Å². The second kappa shape index (κ2) is 5.29. The van der Waals surface area contributed by atoms with Crippen LogP contribution in [0, 0.1) is 25.7 Å². The molecule has 3 heteroatoms. The van der Waals surface area contributed by atoms with E-state index in [1.54, 1.807) is 0 Å². The Morgan fingerprint density at radius 2 is 2.00 bits per heavy atom. The number of rotatable bonds is 1. The Morgan fingerprint density at radius 3 is 2.60 bits per heavy atom. The predicted octanol–water partition coefficient (Wildman–Crippen LogP) is 2.37. The molecular weight excluding hydrogens is 252 g/mol. The second-order valence-corrected chi connectivity index (χ2v) is 4.58. The lowest BCUT2D eigenvalue weighted by molar-refractivity contribution is 0.464. The van der Waals surface area contributed by atoms with Crippen LogP contribution in [0.3, 0.4) is 0 Å². The highest BCUT2D eigenvalue weighted by Gasteiger charge is 2.01. The number of pyridine rings is 1. The van der Waals surface area contributed by atoms with Crippen LogP contribution in [0.4, 0.5) is 0 Å². The molecule has 0 aliphatic carbocycles. The van der Waals surface area contributed by atoms with Gasteiger partial charge in [-0.2, -0.15) is 0 Å². The summed E-state index contributed by atoms with van der Waals surface area (Å²) < 4.78 is 1.02. The molecule has 0 saturated heterocycles. The summed E-state index contributed by atoms with van der Waals surface area (Å²) in [6.07, 6.45) is 0. The quantitative estimate of drug-likeness (QED) is 0.726. The van der Waals surface area contributed by atoms with E-state index in [-0.39, 0.29) is 0 Å². The van der Waals surface area contributed by atoms with E-state index in [1.165, 1.54) is 0 Å². The Kier molecular flexibility index (Phi) is 4.31. The summed E-state index contributed by atoms with van der Waals surface area (Å²) >= 11 is 3.46. The Bertz CT molecular complexity index is 414. The van der Waals surface area contributed by atoms with E-state index in [9.17, 15) is 0 Å². The molecule has 15 heavy (non-hydrogen) atoms. The Labute approximate surface area is 99.8 Å². The van der Waals surface area contributed by atoms with Crippen molar-refractivity contribution in [1.82, 2.24) is 9.88 Å². The molecule has 1 rings (SSSR count). The molecule has 0 unspecified atom stereocenters. The lowest BCUT2D eigenvalue weighted by Crippen LogP contribution is -2.10. The summed E-state index contributed by atoms with van der Waals surface area (Å²) in [4.78, 5) is 6.45. The molecule has 0 N–H and O–H groups in total. The fourth-order valence-electron chi connectivity index (χ4n) is 1.12. The van der Waals surface area contributed by atoms with E-state index in [0.29, 0.717) is 0 Å². The number of nitrogens with zero attached hydrogens (tertiary/aromatic N) is 2. The first-order valence-electron chi connectivity index (χ1n) is 4.78. The molecule has 0 amide bonds. The van der Waals surface area contributed by atoms with Gasteiger partial charge in [0.05, 0.1) is 17.9 Å². The molecule has 0 fully saturated rings. The molecule has 1 aromatic heterocycles. The van der Waals surface area contributed by atoms with Gasteiger partial charge in [-0.1, -0.05) is 11.8 Å². The Morgan fingerprint density at radius 1 is 1.33 bits per heavy atom. The third kappa shape index (κ3) is 3.65. The van der Waals surface area contributed by atoms with Gasteiger partial charge in [-0.15, -0.1) is 0 Å². The van der Waals surface area contributed by atoms with Gasteiger partial charge in [0.2, 0.25) is 0 Å². The monoisotopic (exact) mass is 266 g/mol. The van der Waals surface area contributed by atoms with Gasteiger partial charge in [0.25, 0.3) is 0 Å². The molecule has 1 heterocycles. The highest BCUT2D eigenvalue weighted by atomic mass is 79.9. The van der Waals surface area contributed by atoms with E-state index >= 15 is 0 Å². The summed E-state index contributed by atoms with van der Waals surface area (Å²) in [7, 11) is 4.01. The lowest BCUT2D eigenvalue weighted by atomic mass is 10.2. The van der Waals surface area contributed by atoms with Gasteiger partial charge in [-0.05, 0) is 49.9 Å². The minimum absolute atomic E-state index is 0.769. The van der Waals surface area contributed by atoms with E-state index in [2.05, 4.69) is 32.8 Å². The van der Waals surface area contributed by atoms with Gasteiger partial charge in [-0.25, -0.2) is 0 Å². The van der Waals surface area contributed by atoms with Crippen LogP contribution in [0.15, 0.2) is 10.5 Å². The minimum Gasteiger partial charge on any atom is -0.299 e. The topological polar surface area (TPSA) is 16.1 Å². The first-order chi connectivity index (χ1) is 7.00. The molecule has 2 nitrogen and oxygen atoms in total. The summed E-state index contributed by atoms with van der Waals surface area (Å²) in [6, 6.07) is 2.03. The highest BCUT2D eigenvalue weighted by Crippen LogP contribution is 2.17. The molecule has 0 aliphatic rings. The Hall–Kier alpha value is -0.850. The Balaban J connectivity index is 2.94. The van der Waals surface area contributed by atoms with Crippen LogP contribution in [-0.4, -0.2) is 30.5 Å². The van der Waals surface area contributed by atoms with E-state index in [4.69, 9.17) is 0 Å². The van der Waals surface area contributed by atoms with Gasteiger partial charge in [0.15, 0.2) is 0 Å². The van der Waals surface area contributed by atoms with Crippen LogP contribution < -0.4 is 0 Å². The molecule has 0 saturated carbocycles. The van der Waals surface area contributed by atoms with Crippen LogP contribution in [-0.2, 0) is 0 Å².